The predicted octanol–water partition coefficient (Wildman–Crippen LogP) is 2.00. The fraction of sp³-hybridized carbons (Fsp3) is 0.167. The molecule has 1 aliphatic heterocycles. The summed E-state index contributed by atoms with van der Waals surface area (Å²) in [5.41, 5.74) is 3.04. The molecule has 4 rings (SSSR count). The number of hydrogen-bond acceptors (Lipinski definition) is 4. The quantitative estimate of drug-likeness (QED) is 0.585. The molecule has 5 heteroatoms. The van der Waals surface area contributed by atoms with Crippen LogP contribution in [-0.2, 0) is 6.54 Å². The summed E-state index contributed by atoms with van der Waals surface area (Å²) in [6.07, 6.45) is 3.40. The molecule has 0 saturated heterocycles. The Morgan fingerprint density at radius 2 is 2.18 bits per heavy atom. The van der Waals surface area contributed by atoms with Crippen LogP contribution in [0.2, 0.25) is 0 Å². The third kappa shape index (κ3) is 1.03. The SMILES string of the molecule is Cc1nn2c3c1ccc1ncnc(c13)N=CC2. The summed E-state index contributed by atoms with van der Waals surface area (Å²) in [6.45, 7) is 2.70. The topological polar surface area (TPSA) is 56.0 Å². The Kier molecular flexibility index (Phi) is 1.49. The Morgan fingerprint density at radius 1 is 1.24 bits per heavy atom. The average molecular weight is 223 g/mol. The largest absolute Gasteiger partial charge is 0.258 e. The molecule has 0 atom stereocenters. The predicted molar refractivity (Wildman–Crippen MR) is 65.7 cm³/mol. The van der Waals surface area contributed by atoms with Gasteiger partial charge in [-0.25, -0.2) is 15.0 Å². The lowest BCUT2D eigenvalue weighted by atomic mass is 10.1. The van der Waals surface area contributed by atoms with Crippen LogP contribution in [0.25, 0.3) is 21.8 Å². The van der Waals surface area contributed by atoms with Crippen LogP contribution in [-0.4, -0.2) is 26.0 Å². The second kappa shape index (κ2) is 2.88. The molecule has 3 heterocycles. The first-order valence-corrected chi connectivity index (χ1v) is 5.48. The van der Waals surface area contributed by atoms with Gasteiger partial charge in [-0.3, -0.25) is 4.68 Å². The smallest absolute Gasteiger partial charge is 0.165 e. The minimum Gasteiger partial charge on any atom is -0.258 e. The standard InChI is InChI=1S/C12H9N5/c1-7-8-2-3-9-10-11(8)17(16-7)5-4-13-12(10)15-6-14-9/h2-4,6H,5H2,1H3. The van der Waals surface area contributed by atoms with Gasteiger partial charge in [-0.2, -0.15) is 5.10 Å². The highest BCUT2D eigenvalue weighted by molar-refractivity contribution is 6.10. The van der Waals surface area contributed by atoms with Crippen molar-refractivity contribution in [3.8, 4) is 0 Å². The lowest BCUT2D eigenvalue weighted by Crippen LogP contribution is -1.99. The minimum atomic E-state index is 0.680. The van der Waals surface area contributed by atoms with Crippen LogP contribution >= 0.6 is 0 Å². The Balaban J connectivity index is 2.40. The highest BCUT2D eigenvalue weighted by atomic mass is 15.3. The molecular weight excluding hydrogens is 214 g/mol. The molecule has 0 bridgehead atoms. The minimum absolute atomic E-state index is 0.680. The number of rotatable bonds is 0. The number of aliphatic imine (C=N–C) groups is 1. The Labute approximate surface area is 96.8 Å². The molecule has 2 aromatic heterocycles. The zero-order valence-corrected chi connectivity index (χ0v) is 9.25. The fourth-order valence-electron chi connectivity index (χ4n) is 2.40. The fourth-order valence-corrected chi connectivity index (χ4v) is 2.40. The van der Waals surface area contributed by atoms with E-state index < -0.39 is 0 Å². The summed E-state index contributed by atoms with van der Waals surface area (Å²) < 4.78 is 1.97. The number of hydrogen-bond donors (Lipinski definition) is 0. The molecule has 0 radical (unpaired) electrons. The zero-order valence-electron chi connectivity index (χ0n) is 9.25. The molecule has 0 N–H and O–H groups in total. The first-order valence-electron chi connectivity index (χ1n) is 5.48. The molecule has 82 valence electrons. The molecule has 1 aliphatic rings. The lowest BCUT2D eigenvalue weighted by Gasteiger charge is -2.02. The van der Waals surface area contributed by atoms with Gasteiger partial charge in [-0.15, -0.1) is 0 Å². The van der Waals surface area contributed by atoms with Crippen LogP contribution in [0.5, 0.6) is 0 Å². The van der Waals surface area contributed by atoms with Crippen molar-refractivity contribution >= 4 is 33.8 Å². The van der Waals surface area contributed by atoms with E-state index in [1.807, 2.05) is 23.9 Å². The molecule has 0 amide bonds. The van der Waals surface area contributed by atoms with E-state index in [9.17, 15) is 0 Å². The summed E-state index contributed by atoms with van der Waals surface area (Å²) in [5, 5.41) is 6.68. The zero-order chi connectivity index (χ0) is 11.4. The van der Waals surface area contributed by atoms with Gasteiger partial charge in [0.25, 0.3) is 0 Å². The molecular formula is C12H9N5. The summed E-state index contributed by atoms with van der Waals surface area (Å²) in [5.74, 6) is 0.735. The van der Waals surface area contributed by atoms with Crippen LogP contribution in [0, 0.1) is 6.92 Å². The van der Waals surface area contributed by atoms with Gasteiger partial charge in [0.15, 0.2) is 5.82 Å². The van der Waals surface area contributed by atoms with Crippen LogP contribution < -0.4 is 0 Å². The first kappa shape index (κ1) is 8.81. The monoisotopic (exact) mass is 223 g/mol. The van der Waals surface area contributed by atoms with Gasteiger partial charge in [0, 0.05) is 11.6 Å². The first-order chi connectivity index (χ1) is 8.34. The van der Waals surface area contributed by atoms with E-state index in [1.165, 1.54) is 0 Å². The molecule has 0 saturated carbocycles. The molecule has 0 spiro atoms. The Morgan fingerprint density at radius 3 is 3.12 bits per heavy atom. The van der Waals surface area contributed by atoms with Gasteiger partial charge in [0.1, 0.15) is 6.33 Å². The van der Waals surface area contributed by atoms with E-state index in [1.54, 1.807) is 6.33 Å². The van der Waals surface area contributed by atoms with E-state index in [2.05, 4.69) is 26.1 Å². The number of nitrogens with zero attached hydrogens (tertiary/aromatic N) is 5. The second-order valence-corrected chi connectivity index (χ2v) is 4.13. The Bertz CT molecular complexity index is 784. The Hall–Kier alpha value is -2.30. The molecule has 5 nitrogen and oxygen atoms in total. The van der Waals surface area contributed by atoms with Crippen LogP contribution in [0.1, 0.15) is 5.69 Å². The van der Waals surface area contributed by atoms with Gasteiger partial charge in [-0.05, 0) is 19.1 Å². The van der Waals surface area contributed by atoms with E-state index in [0.29, 0.717) is 6.54 Å². The van der Waals surface area contributed by atoms with E-state index >= 15 is 0 Å². The van der Waals surface area contributed by atoms with Gasteiger partial charge in [-0.1, -0.05) is 0 Å². The van der Waals surface area contributed by atoms with Gasteiger partial charge < -0.3 is 0 Å². The van der Waals surface area contributed by atoms with Crippen molar-refractivity contribution < 1.29 is 0 Å². The van der Waals surface area contributed by atoms with Crippen molar-refractivity contribution in [3.05, 3.63) is 24.2 Å². The summed E-state index contributed by atoms with van der Waals surface area (Å²) in [6, 6.07) is 4.07. The van der Waals surface area contributed by atoms with Gasteiger partial charge in [0.05, 0.1) is 28.7 Å². The maximum absolute atomic E-state index is 4.53. The highest BCUT2D eigenvalue weighted by Gasteiger charge is 2.16. The maximum atomic E-state index is 4.53. The van der Waals surface area contributed by atoms with Crippen molar-refractivity contribution in [1.29, 1.82) is 0 Å². The number of aromatic nitrogens is 4. The maximum Gasteiger partial charge on any atom is 0.165 e. The van der Waals surface area contributed by atoms with Crippen LogP contribution in [0.15, 0.2) is 23.5 Å². The van der Waals surface area contributed by atoms with Crippen LogP contribution in [0.3, 0.4) is 0 Å². The van der Waals surface area contributed by atoms with E-state index in [4.69, 9.17) is 0 Å². The van der Waals surface area contributed by atoms with Crippen molar-refractivity contribution in [2.24, 2.45) is 4.99 Å². The number of aryl methyl sites for hydroxylation is 1. The third-order valence-corrected chi connectivity index (χ3v) is 3.14. The molecule has 0 fully saturated rings. The van der Waals surface area contributed by atoms with Crippen molar-refractivity contribution in [2.45, 2.75) is 13.5 Å². The van der Waals surface area contributed by atoms with E-state index in [-0.39, 0.29) is 0 Å². The highest BCUT2D eigenvalue weighted by Crippen LogP contribution is 2.32. The molecule has 0 unspecified atom stereocenters. The third-order valence-electron chi connectivity index (χ3n) is 3.14. The average Bonchev–Trinajstić information content (AvgIpc) is 2.55. The summed E-state index contributed by atoms with van der Waals surface area (Å²) >= 11 is 0. The van der Waals surface area contributed by atoms with Gasteiger partial charge in [0.2, 0.25) is 0 Å². The van der Waals surface area contributed by atoms with Gasteiger partial charge >= 0.3 is 0 Å². The number of benzene rings is 1. The van der Waals surface area contributed by atoms with Crippen LogP contribution in [0.4, 0.5) is 5.82 Å². The normalized spacial score (nSPS) is 13.7. The van der Waals surface area contributed by atoms with Crippen molar-refractivity contribution in [3.63, 3.8) is 0 Å². The molecule has 3 aromatic rings. The van der Waals surface area contributed by atoms with Crippen molar-refractivity contribution in [2.75, 3.05) is 0 Å². The lowest BCUT2D eigenvalue weighted by molar-refractivity contribution is 0.751. The molecule has 17 heavy (non-hydrogen) atoms. The summed E-state index contributed by atoms with van der Waals surface area (Å²) in [4.78, 5) is 12.9. The van der Waals surface area contributed by atoms with Crippen molar-refractivity contribution in [1.82, 2.24) is 19.7 Å². The van der Waals surface area contributed by atoms with E-state index in [0.717, 1.165) is 33.3 Å². The second-order valence-electron chi connectivity index (χ2n) is 4.13. The summed E-state index contributed by atoms with van der Waals surface area (Å²) in [7, 11) is 0. The molecule has 1 aromatic carbocycles. The molecule has 0 aliphatic carbocycles.